The van der Waals surface area contributed by atoms with E-state index in [2.05, 4.69) is 5.32 Å². The summed E-state index contributed by atoms with van der Waals surface area (Å²) in [6, 6.07) is 6.77. The Kier molecular flexibility index (Phi) is 3.40. The predicted octanol–water partition coefficient (Wildman–Crippen LogP) is 2.23. The second-order valence-corrected chi connectivity index (χ2v) is 5.26. The average molecular weight is 254 g/mol. The predicted molar refractivity (Wildman–Crippen MR) is 67.1 cm³/mol. The van der Waals surface area contributed by atoms with Crippen LogP contribution in [0.4, 0.5) is 0 Å². The molecule has 0 unspecified atom stereocenters. The van der Waals surface area contributed by atoms with Gasteiger partial charge < -0.3 is 10.4 Å². The lowest BCUT2D eigenvalue weighted by molar-refractivity contribution is 0.0354. The van der Waals surface area contributed by atoms with Gasteiger partial charge in [0.25, 0.3) is 5.91 Å². The summed E-state index contributed by atoms with van der Waals surface area (Å²) >= 11 is 5.81. The summed E-state index contributed by atoms with van der Waals surface area (Å²) in [4.78, 5) is 11.8. The van der Waals surface area contributed by atoms with Gasteiger partial charge in [0, 0.05) is 17.1 Å². The SMILES string of the molecule is C[C@@](O)(CNC(=O)c1cccc(Cl)c1)C1CC1. The third-order valence-corrected chi connectivity index (χ3v) is 3.39. The third-order valence-electron chi connectivity index (χ3n) is 3.15. The summed E-state index contributed by atoms with van der Waals surface area (Å²) in [6.07, 6.45) is 2.08. The van der Waals surface area contributed by atoms with Crippen molar-refractivity contribution in [1.29, 1.82) is 0 Å². The Morgan fingerprint density at radius 2 is 2.29 bits per heavy atom. The lowest BCUT2D eigenvalue weighted by Crippen LogP contribution is -2.42. The second-order valence-electron chi connectivity index (χ2n) is 4.82. The van der Waals surface area contributed by atoms with Crippen molar-refractivity contribution in [3.8, 4) is 0 Å². The van der Waals surface area contributed by atoms with E-state index in [1.54, 1.807) is 31.2 Å². The quantitative estimate of drug-likeness (QED) is 0.865. The van der Waals surface area contributed by atoms with Crippen LogP contribution >= 0.6 is 11.6 Å². The average Bonchev–Trinajstić information content (AvgIpc) is 3.10. The maximum atomic E-state index is 11.8. The van der Waals surface area contributed by atoms with Crippen LogP contribution in [0.2, 0.25) is 5.02 Å². The van der Waals surface area contributed by atoms with Gasteiger partial charge in [0.2, 0.25) is 0 Å². The van der Waals surface area contributed by atoms with Gasteiger partial charge in [0.15, 0.2) is 0 Å². The summed E-state index contributed by atoms with van der Waals surface area (Å²) < 4.78 is 0. The summed E-state index contributed by atoms with van der Waals surface area (Å²) in [5.74, 6) is 0.121. The van der Waals surface area contributed by atoms with Crippen molar-refractivity contribution in [2.75, 3.05) is 6.54 Å². The van der Waals surface area contributed by atoms with Crippen molar-refractivity contribution in [2.45, 2.75) is 25.4 Å². The van der Waals surface area contributed by atoms with Crippen LogP contribution in [0.5, 0.6) is 0 Å². The molecule has 3 nitrogen and oxygen atoms in total. The van der Waals surface area contributed by atoms with E-state index in [0.29, 0.717) is 16.5 Å². The molecule has 1 amide bonds. The minimum atomic E-state index is -0.797. The molecule has 0 saturated heterocycles. The van der Waals surface area contributed by atoms with Crippen molar-refractivity contribution >= 4 is 17.5 Å². The van der Waals surface area contributed by atoms with Gasteiger partial charge in [0.05, 0.1) is 5.60 Å². The number of benzene rings is 1. The molecule has 17 heavy (non-hydrogen) atoms. The number of amides is 1. The zero-order valence-electron chi connectivity index (χ0n) is 9.74. The van der Waals surface area contributed by atoms with Crippen molar-refractivity contribution < 1.29 is 9.90 Å². The van der Waals surface area contributed by atoms with Crippen LogP contribution < -0.4 is 5.32 Å². The van der Waals surface area contributed by atoms with Gasteiger partial charge in [-0.25, -0.2) is 0 Å². The fourth-order valence-electron chi connectivity index (χ4n) is 1.84. The number of aliphatic hydroxyl groups is 1. The standard InChI is InChI=1S/C13H16ClNO2/c1-13(17,10-5-6-10)8-15-12(16)9-3-2-4-11(14)7-9/h2-4,7,10,17H,5-6,8H2,1H3,(H,15,16)/t13-/m1/s1. The van der Waals surface area contributed by atoms with Crippen LogP contribution in [0.25, 0.3) is 0 Å². The molecule has 1 aromatic rings. The summed E-state index contributed by atoms with van der Waals surface area (Å²) in [5, 5.41) is 13.3. The highest BCUT2D eigenvalue weighted by Gasteiger charge is 2.39. The molecule has 92 valence electrons. The van der Waals surface area contributed by atoms with Gasteiger partial charge >= 0.3 is 0 Å². The highest BCUT2D eigenvalue weighted by Crippen LogP contribution is 2.39. The van der Waals surface area contributed by atoms with Crippen LogP contribution in [0.3, 0.4) is 0 Å². The normalized spacial score (nSPS) is 18.5. The van der Waals surface area contributed by atoms with Gasteiger partial charge in [0.1, 0.15) is 0 Å². The van der Waals surface area contributed by atoms with Gasteiger partial charge in [-0.15, -0.1) is 0 Å². The largest absolute Gasteiger partial charge is 0.388 e. The number of halogens is 1. The first kappa shape index (κ1) is 12.4. The zero-order chi connectivity index (χ0) is 12.5. The van der Waals surface area contributed by atoms with Gasteiger partial charge in [-0.05, 0) is 43.9 Å². The topological polar surface area (TPSA) is 49.3 Å². The maximum Gasteiger partial charge on any atom is 0.251 e. The molecule has 2 rings (SSSR count). The highest BCUT2D eigenvalue weighted by molar-refractivity contribution is 6.30. The Morgan fingerprint density at radius 1 is 1.59 bits per heavy atom. The van der Waals surface area contributed by atoms with E-state index in [0.717, 1.165) is 12.8 Å². The molecule has 0 heterocycles. The van der Waals surface area contributed by atoms with E-state index in [-0.39, 0.29) is 12.5 Å². The summed E-state index contributed by atoms with van der Waals surface area (Å²) in [6.45, 7) is 2.05. The van der Waals surface area contributed by atoms with E-state index in [1.165, 1.54) is 0 Å². The smallest absolute Gasteiger partial charge is 0.251 e. The summed E-state index contributed by atoms with van der Waals surface area (Å²) in [7, 11) is 0. The van der Waals surface area contributed by atoms with Crippen molar-refractivity contribution in [3.05, 3.63) is 34.9 Å². The lowest BCUT2D eigenvalue weighted by Gasteiger charge is -2.23. The van der Waals surface area contributed by atoms with Crippen LogP contribution in [0.15, 0.2) is 24.3 Å². The molecule has 1 aliphatic rings. The van der Waals surface area contributed by atoms with E-state index in [1.807, 2.05) is 0 Å². The number of hydrogen-bond donors (Lipinski definition) is 2. The maximum absolute atomic E-state index is 11.8. The molecule has 4 heteroatoms. The van der Waals surface area contributed by atoms with E-state index >= 15 is 0 Å². The number of carbonyl (C=O) groups is 1. The molecule has 0 spiro atoms. The van der Waals surface area contributed by atoms with E-state index in [9.17, 15) is 9.90 Å². The lowest BCUT2D eigenvalue weighted by atomic mass is 10.0. The van der Waals surface area contributed by atoms with E-state index < -0.39 is 5.60 Å². The fourth-order valence-corrected chi connectivity index (χ4v) is 2.03. The Bertz CT molecular complexity index is 427. The van der Waals surface area contributed by atoms with Crippen LogP contribution in [-0.4, -0.2) is 23.2 Å². The van der Waals surface area contributed by atoms with Crippen molar-refractivity contribution in [1.82, 2.24) is 5.32 Å². The molecular formula is C13H16ClNO2. The number of carbonyl (C=O) groups excluding carboxylic acids is 1. The van der Waals surface area contributed by atoms with Crippen molar-refractivity contribution in [3.63, 3.8) is 0 Å². The number of nitrogens with one attached hydrogen (secondary N) is 1. The molecule has 0 aromatic heterocycles. The highest BCUT2D eigenvalue weighted by atomic mass is 35.5. The number of rotatable bonds is 4. The fraction of sp³-hybridized carbons (Fsp3) is 0.462. The summed E-state index contributed by atoms with van der Waals surface area (Å²) in [5.41, 5.74) is -0.280. The van der Waals surface area contributed by atoms with Crippen molar-refractivity contribution in [2.24, 2.45) is 5.92 Å². The molecule has 0 radical (unpaired) electrons. The Labute approximate surface area is 106 Å². The van der Waals surface area contributed by atoms with Crippen LogP contribution in [0, 0.1) is 5.92 Å². The molecule has 0 bridgehead atoms. The molecule has 2 N–H and O–H groups in total. The molecule has 1 atom stereocenters. The molecule has 1 fully saturated rings. The minimum Gasteiger partial charge on any atom is -0.388 e. The molecule has 1 aromatic carbocycles. The monoisotopic (exact) mass is 253 g/mol. The molecular weight excluding hydrogens is 238 g/mol. The van der Waals surface area contributed by atoms with Gasteiger partial charge in [-0.1, -0.05) is 17.7 Å². The van der Waals surface area contributed by atoms with Crippen LogP contribution in [-0.2, 0) is 0 Å². The first-order valence-electron chi connectivity index (χ1n) is 5.75. The minimum absolute atomic E-state index is 0.201. The molecule has 0 aliphatic heterocycles. The first-order valence-corrected chi connectivity index (χ1v) is 6.13. The Hall–Kier alpha value is -1.06. The van der Waals surface area contributed by atoms with E-state index in [4.69, 9.17) is 11.6 Å². The molecule has 1 saturated carbocycles. The Balaban J connectivity index is 1.93. The van der Waals surface area contributed by atoms with Crippen LogP contribution in [0.1, 0.15) is 30.1 Å². The van der Waals surface area contributed by atoms with Gasteiger partial charge in [-0.3, -0.25) is 4.79 Å². The van der Waals surface area contributed by atoms with Gasteiger partial charge in [-0.2, -0.15) is 0 Å². The molecule has 1 aliphatic carbocycles. The third kappa shape index (κ3) is 3.20. The Morgan fingerprint density at radius 3 is 2.88 bits per heavy atom. The second kappa shape index (κ2) is 4.67. The number of hydrogen-bond acceptors (Lipinski definition) is 2. The first-order chi connectivity index (χ1) is 7.99. The zero-order valence-corrected chi connectivity index (χ0v) is 10.5.